The summed E-state index contributed by atoms with van der Waals surface area (Å²) in [5.41, 5.74) is 0. The molecule has 0 aromatic heterocycles. The fraction of sp³-hybridized carbons (Fsp3) is 0.786. The van der Waals surface area contributed by atoms with E-state index < -0.39 is 0 Å². The first kappa shape index (κ1) is 13.6. The van der Waals surface area contributed by atoms with Crippen LogP contribution in [0.5, 0.6) is 0 Å². The molecule has 2 rings (SSSR count). The van der Waals surface area contributed by atoms with Crippen molar-refractivity contribution in [1.82, 2.24) is 15.1 Å². The fourth-order valence-electron chi connectivity index (χ4n) is 2.96. The Morgan fingerprint density at radius 3 is 2.61 bits per heavy atom. The maximum atomic E-state index is 12.4. The van der Waals surface area contributed by atoms with Crippen molar-refractivity contribution < 1.29 is 4.79 Å². The van der Waals surface area contributed by atoms with Gasteiger partial charge in [-0.3, -0.25) is 9.69 Å². The third-order valence-electron chi connectivity index (χ3n) is 3.98. The highest BCUT2D eigenvalue weighted by Crippen LogP contribution is 2.23. The molecule has 102 valence electrons. The number of rotatable bonds is 5. The van der Waals surface area contributed by atoms with E-state index in [0.717, 1.165) is 26.2 Å². The van der Waals surface area contributed by atoms with Gasteiger partial charge >= 0.3 is 0 Å². The number of nitrogens with zero attached hydrogens (tertiary/aromatic N) is 2. The van der Waals surface area contributed by atoms with Crippen LogP contribution in [0, 0.1) is 0 Å². The monoisotopic (exact) mass is 251 g/mol. The molecule has 0 bridgehead atoms. The van der Waals surface area contributed by atoms with Crippen LogP contribution in [-0.4, -0.2) is 61.0 Å². The summed E-state index contributed by atoms with van der Waals surface area (Å²) in [7, 11) is 0. The van der Waals surface area contributed by atoms with E-state index in [2.05, 4.69) is 16.8 Å². The molecule has 1 N–H and O–H groups in total. The van der Waals surface area contributed by atoms with Crippen LogP contribution < -0.4 is 5.32 Å². The Hall–Kier alpha value is -0.870. The molecule has 1 saturated carbocycles. The molecule has 0 atom stereocenters. The summed E-state index contributed by atoms with van der Waals surface area (Å²) >= 11 is 0. The second kappa shape index (κ2) is 6.90. The molecular formula is C14H25N3O. The van der Waals surface area contributed by atoms with Crippen LogP contribution in [0.3, 0.4) is 0 Å². The highest BCUT2D eigenvalue weighted by Gasteiger charge is 2.26. The molecule has 0 aromatic rings. The van der Waals surface area contributed by atoms with E-state index in [-0.39, 0.29) is 5.91 Å². The number of nitrogens with one attached hydrogen (secondary N) is 1. The summed E-state index contributed by atoms with van der Waals surface area (Å²) in [5, 5.41) is 3.31. The van der Waals surface area contributed by atoms with E-state index in [1.54, 1.807) is 0 Å². The SMILES string of the molecule is C=CCN(C(=O)CN1CCNCC1)C1CCCC1. The molecule has 0 spiro atoms. The van der Waals surface area contributed by atoms with Crippen molar-refractivity contribution >= 4 is 5.91 Å². The average molecular weight is 251 g/mol. The van der Waals surface area contributed by atoms with Crippen molar-refractivity contribution in [3.8, 4) is 0 Å². The van der Waals surface area contributed by atoms with Gasteiger partial charge < -0.3 is 10.2 Å². The van der Waals surface area contributed by atoms with Crippen LogP contribution >= 0.6 is 0 Å². The van der Waals surface area contributed by atoms with Crippen molar-refractivity contribution in [2.24, 2.45) is 0 Å². The molecule has 1 aliphatic carbocycles. The molecule has 4 nitrogen and oxygen atoms in total. The molecule has 4 heteroatoms. The standard InChI is InChI=1S/C14H25N3O/c1-2-9-17(13-5-3-4-6-13)14(18)12-16-10-7-15-8-11-16/h2,13,15H,1,3-12H2. The molecule has 1 heterocycles. The minimum Gasteiger partial charge on any atom is -0.335 e. The van der Waals surface area contributed by atoms with Gasteiger partial charge in [0.25, 0.3) is 0 Å². The predicted octanol–water partition coefficient (Wildman–Crippen LogP) is 0.849. The molecule has 1 saturated heterocycles. The number of amides is 1. The summed E-state index contributed by atoms with van der Waals surface area (Å²) in [6.45, 7) is 9.03. The lowest BCUT2D eigenvalue weighted by Gasteiger charge is -2.32. The van der Waals surface area contributed by atoms with E-state index >= 15 is 0 Å². The van der Waals surface area contributed by atoms with Crippen LogP contribution in [-0.2, 0) is 4.79 Å². The number of carbonyl (C=O) groups excluding carboxylic acids is 1. The summed E-state index contributed by atoms with van der Waals surface area (Å²) in [5.74, 6) is 0.281. The van der Waals surface area contributed by atoms with Gasteiger partial charge in [0.15, 0.2) is 0 Å². The molecule has 1 aliphatic heterocycles. The molecule has 2 fully saturated rings. The van der Waals surface area contributed by atoms with Gasteiger partial charge in [-0.05, 0) is 12.8 Å². The van der Waals surface area contributed by atoms with Crippen molar-refractivity contribution in [2.75, 3.05) is 39.3 Å². The average Bonchev–Trinajstić information content (AvgIpc) is 2.90. The van der Waals surface area contributed by atoms with Crippen LogP contribution in [0.2, 0.25) is 0 Å². The summed E-state index contributed by atoms with van der Waals surface area (Å²) in [4.78, 5) is 16.7. The fourth-order valence-corrected chi connectivity index (χ4v) is 2.96. The topological polar surface area (TPSA) is 35.6 Å². The zero-order valence-corrected chi connectivity index (χ0v) is 11.2. The third-order valence-corrected chi connectivity index (χ3v) is 3.98. The molecule has 1 amide bonds. The smallest absolute Gasteiger partial charge is 0.237 e. The molecule has 0 unspecified atom stereocenters. The minimum absolute atomic E-state index is 0.281. The zero-order valence-electron chi connectivity index (χ0n) is 11.2. The molecule has 0 radical (unpaired) electrons. The van der Waals surface area contributed by atoms with Crippen LogP contribution in [0.4, 0.5) is 0 Å². The lowest BCUT2D eigenvalue weighted by atomic mass is 10.2. The second-order valence-electron chi connectivity index (χ2n) is 5.30. The van der Waals surface area contributed by atoms with Gasteiger partial charge in [-0.15, -0.1) is 6.58 Å². The Morgan fingerprint density at radius 1 is 1.33 bits per heavy atom. The van der Waals surface area contributed by atoms with Crippen LogP contribution in [0.25, 0.3) is 0 Å². The van der Waals surface area contributed by atoms with Gasteiger partial charge in [0, 0.05) is 38.8 Å². The Labute approximate surface area is 110 Å². The number of hydrogen-bond acceptors (Lipinski definition) is 3. The second-order valence-corrected chi connectivity index (χ2v) is 5.30. The lowest BCUT2D eigenvalue weighted by molar-refractivity contribution is -0.134. The zero-order chi connectivity index (χ0) is 12.8. The van der Waals surface area contributed by atoms with E-state index in [1.165, 1.54) is 25.7 Å². The highest BCUT2D eigenvalue weighted by atomic mass is 16.2. The number of hydrogen-bond donors (Lipinski definition) is 1. The van der Waals surface area contributed by atoms with Gasteiger partial charge in [-0.1, -0.05) is 18.9 Å². The summed E-state index contributed by atoms with van der Waals surface area (Å²) in [6, 6.07) is 0.457. The van der Waals surface area contributed by atoms with Crippen LogP contribution in [0.1, 0.15) is 25.7 Å². The largest absolute Gasteiger partial charge is 0.335 e. The summed E-state index contributed by atoms with van der Waals surface area (Å²) < 4.78 is 0. The Balaban J connectivity index is 1.87. The first-order valence-corrected chi connectivity index (χ1v) is 7.14. The lowest BCUT2D eigenvalue weighted by Crippen LogP contribution is -2.50. The Bertz CT molecular complexity index is 281. The van der Waals surface area contributed by atoms with Gasteiger partial charge in [-0.25, -0.2) is 0 Å². The Kier molecular flexibility index (Phi) is 5.20. The van der Waals surface area contributed by atoms with Crippen LogP contribution in [0.15, 0.2) is 12.7 Å². The molecule has 2 aliphatic rings. The summed E-state index contributed by atoms with van der Waals surface area (Å²) in [6.07, 6.45) is 6.72. The normalized spacial score (nSPS) is 22.0. The number of carbonyl (C=O) groups is 1. The Morgan fingerprint density at radius 2 is 2.00 bits per heavy atom. The van der Waals surface area contributed by atoms with Crippen molar-refractivity contribution in [3.63, 3.8) is 0 Å². The van der Waals surface area contributed by atoms with Crippen molar-refractivity contribution in [3.05, 3.63) is 12.7 Å². The first-order valence-electron chi connectivity index (χ1n) is 7.14. The first-order chi connectivity index (χ1) is 8.81. The van der Waals surface area contributed by atoms with E-state index in [4.69, 9.17) is 0 Å². The molecular weight excluding hydrogens is 226 g/mol. The quantitative estimate of drug-likeness (QED) is 0.736. The number of piperazine rings is 1. The predicted molar refractivity (Wildman–Crippen MR) is 73.5 cm³/mol. The third kappa shape index (κ3) is 3.56. The van der Waals surface area contributed by atoms with Gasteiger partial charge in [-0.2, -0.15) is 0 Å². The van der Waals surface area contributed by atoms with Crippen molar-refractivity contribution in [1.29, 1.82) is 0 Å². The maximum absolute atomic E-state index is 12.4. The maximum Gasteiger partial charge on any atom is 0.237 e. The van der Waals surface area contributed by atoms with Gasteiger partial charge in [0.05, 0.1) is 6.54 Å². The molecule has 18 heavy (non-hydrogen) atoms. The van der Waals surface area contributed by atoms with E-state index in [9.17, 15) is 4.79 Å². The van der Waals surface area contributed by atoms with E-state index in [0.29, 0.717) is 19.1 Å². The molecule has 0 aromatic carbocycles. The van der Waals surface area contributed by atoms with Gasteiger partial charge in [0.1, 0.15) is 0 Å². The highest BCUT2D eigenvalue weighted by molar-refractivity contribution is 5.78. The van der Waals surface area contributed by atoms with E-state index in [1.807, 2.05) is 11.0 Å². The van der Waals surface area contributed by atoms with Crippen molar-refractivity contribution in [2.45, 2.75) is 31.7 Å². The minimum atomic E-state index is 0.281. The van der Waals surface area contributed by atoms with Gasteiger partial charge in [0.2, 0.25) is 5.91 Å².